The van der Waals surface area contributed by atoms with Gasteiger partial charge in [0.2, 0.25) is 0 Å². The average molecular weight is 448 g/mol. The number of fused-ring (bicyclic) bond motifs is 1. The highest BCUT2D eigenvalue weighted by Gasteiger charge is 2.22. The van der Waals surface area contributed by atoms with Crippen LogP contribution in [0.5, 0.6) is 5.75 Å². The molecule has 3 aromatic rings. The van der Waals surface area contributed by atoms with Crippen molar-refractivity contribution in [3.05, 3.63) is 52.5 Å². The van der Waals surface area contributed by atoms with Crippen molar-refractivity contribution in [2.24, 2.45) is 0 Å². The van der Waals surface area contributed by atoms with Crippen molar-refractivity contribution in [3.8, 4) is 5.75 Å². The Morgan fingerprint density at radius 1 is 1.32 bits per heavy atom. The third-order valence-corrected chi connectivity index (χ3v) is 5.61. The van der Waals surface area contributed by atoms with Gasteiger partial charge in [-0.05, 0) is 42.7 Å². The van der Waals surface area contributed by atoms with E-state index in [2.05, 4.69) is 15.2 Å². The molecule has 0 amide bonds. The number of carboxylic acids is 1. The van der Waals surface area contributed by atoms with E-state index >= 15 is 0 Å². The fourth-order valence-corrected chi connectivity index (χ4v) is 3.92. The lowest BCUT2D eigenvalue weighted by atomic mass is 10.0. The zero-order valence-electron chi connectivity index (χ0n) is 16.8. The second kappa shape index (κ2) is 9.53. The van der Waals surface area contributed by atoms with E-state index in [1.165, 1.54) is 6.07 Å². The second-order valence-electron chi connectivity index (χ2n) is 7.47. The van der Waals surface area contributed by atoms with Gasteiger partial charge >= 0.3 is 5.97 Å². The molecule has 1 saturated heterocycles. The Balaban J connectivity index is 1.34. The molecule has 31 heavy (non-hydrogen) atoms. The first-order chi connectivity index (χ1) is 15.0. The van der Waals surface area contributed by atoms with Gasteiger partial charge in [0.25, 0.3) is 6.01 Å². The number of nitrogens with one attached hydrogen (secondary N) is 1. The third kappa shape index (κ3) is 5.08. The van der Waals surface area contributed by atoms with Gasteiger partial charge in [-0.25, -0.2) is 9.18 Å². The lowest BCUT2D eigenvalue weighted by Gasteiger charge is -2.32. The van der Waals surface area contributed by atoms with Crippen LogP contribution in [0.2, 0.25) is 5.02 Å². The molecule has 0 atom stereocenters. The maximum atomic E-state index is 12.4. The number of carbonyl (C=O) groups is 1. The Labute approximate surface area is 183 Å². The van der Waals surface area contributed by atoms with Crippen LogP contribution < -0.4 is 10.1 Å². The number of alkyl halides is 1. The molecule has 1 aliphatic rings. The summed E-state index contributed by atoms with van der Waals surface area (Å²) in [7, 11) is 0. The van der Waals surface area contributed by atoms with Crippen LogP contribution >= 0.6 is 11.6 Å². The number of rotatable bonds is 8. The van der Waals surface area contributed by atoms with E-state index < -0.39 is 12.6 Å². The number of aromatic nitrogens is 1. The number of benzene rings is 2. The summed E-state index contributed by atoms with van der Waals surface area (Å²) >= 11 is 6.11. The maximum Gasteiger partial charge on any atom is 0.339 e. The van der Waals surface area contributed by atoms with Gasteiger partial charge in [0.1, 0.15) is 30.1 Å². The van der Waals surface area contributed by atoms with Gasteiger partial charge in [0.15, 0.2) is 5.58 Å². The van der Waals surface area contributed by atoms with Gasteiger partial charge in [-0.15, -0.1) is 0 Å². The number of nitrogens with zero attached hydrogens (tertiary/aromatic N) is 2. The molecule has 0 saturated carbocycles. The number of aromatic carboxylic acids is 1. The number of piperidine rings is 1. The third-order valence-electron chi connectivity index (χ3n) is 5.30. The largest absolute Gasteiger partial charge is 0.489 e. The highest BCUT2D eigenvalue weighted by Crippen LogP contribution is 2.28. The van der Waals surface area contributed by atoms with Crippen LogP contribution in [-0.4, -0.2) is 53.4 Å². The lowest BCUT2D eigenvalue weighted by Crippen LogP contribution is -2.38. The van der Waals surface area contributed by atoms with Crippen molar-refractivity contribution in [2.75, 3.05) is 31.7 Å². The van der Waals surface area contributed by atoms with Crippen molar-refractivity contribution < 1.29 is 23.4 Å². The van der Waals surface area contributed by atoms with E-state index in [0.29, 0.717) is 22.3 Å². The lowest BCUT2D eigenvalue weighted by molar-refractivity contribution is 0.0698. The molecule has 2 aromatic carbocycles. The van der Waals surface area contributed by atoms with Crippen LogP contribution in [0.25, 0.3) is 11.1 Å². The normalized spacial score (nSPS) is 15.3. The smallest absolute Gasteiger partial charge is 0.339 e. The number of hydrogen-bond donors (Lipinski definition) is 2. The zero-order chi connectivity index (χ0) is 21.8. The molecule has 2 N–H and O–H groups in total. The minimum atomic E-state index is -1.04. The number of oxazole rings is 1. The molecule has 0 bridgehead atoms. The first-order valence-electron chi connectivity index (χ1n) is 10.1. The minimum Gasteiger partial charge on any atom is -0.489 e. The summed E-state index contributed by atoms with van der Waals surface area (Å²) in [5, 5.41) is 13.1. The van der Waals surface area contributed by atoms with E-state index in [1.807, 2.05) is 12.1 Å². The molecule has 1 aliphatic heterocycles. The van der Waals surface area contributed by atoms with Crippen LogP contribution in [0.15, 0.2) is 40.8 Å². The van der Waals surface area contributed by atoms with Gasteiger partial charge in [0, 0.05) is 25.7 Å². The van der Waals surface area contributed by atoms with E-state index in [-0.39, 0.29) is 23.8 Å². The topological polar surface area (TPSA) is 87.8 Å². The van der Waals surface area contributed by atoms with Crippen molar-refractivity contribution >= 4 is 34.7 Å². The first-order valence-corrected chi connectivity index (χ1v) is 10.5. The number of halogens is 2. The zero-order valence-corrected chi connectivity index (χ0v) is 17.6. The summed E-state index contributed by atoms with van der Waals surface area (Å²) < 4.78 is 23.4. The van der Waals surface area contributed by atoms with Crippen LogP contribution in [0, 0.1) is 0 Å². The Hall–Kier alpha value is -2.84. The number of carboxylic acid groups (broad SMARTS) is 1. The predicted octanol–water partition coefficient (Wildman–Crippen LogP) is 4.60. The second-order valence-corrected chi connectivity index (χ2v) is 7.88. The van der Waals surface area contributed by atoms with Gasteiger partial charge < -0.3 is 19.6 Å². The van der Waals surface area contributed by atoms with E-state index in [0.717, 1.165) is 38.0 Å². The van der Waals surface area contributed by atoms with Crippen molar-refractivity contribution in [1.82, 2.24) is 9.88 Å². The summed E-state index contributed by atoms with van der Waals surface area (Å²) in [6, 6.07) is 11.0. The fourth-order valence-electron chi connectivity index (χ4n) is 3.75. The van der Waals surface area contributed by atoms with Gasteiger partial charge in [0.05, 0.1) is 5.02 Å². The number of hydrogen-bond acceptors (Lipinski definition) is 6. The summed E-state index contributed by atoms with van der Waals surface area (Å²) in [6.07, 6.45) is 1.78. The maximum absolute atomic E-state index is 12.4. The van der Waals surface area contributed by atoms with E-state index in [1.54, 1.807) is 18.2 Å². The van der Waals surface area contributed by atoms with Crippen LogP contribution in [0.4, 0.5) is 10.4 Å². The average Bonchev–Trinajstić information content (AvgIpc) is 3.17. The standard InChI is InChI=1S/C22H23ClFN3O4/c23-17-5-4-14(12-19(17)30-11-8-24)13-27-9-6-15(7-10-27)25-22-26-18-3-1-2-16(21(28)29)20(18)31-22/h1-5,12,15H,6-11,13H2,(H,25,26)(H,28,29). The highest BCUT2D eigenvalue weighted by molar-refractivity contribution is 6.32. The molecular weight excluding hydrogens is 425 g/mol. The quantitative estimate of drug-likeness (QED) is 0.521. The molecule has 7 nitrogen and oxygen atoms in total. The molecule has 1 fully saturated rings. The molecular formula is C22H23ClFN3O4. The van der Waals surface area contributed by atoms with Crippen LogP contribution in [0.3, 0.4) is 0 Å². The van der Waals surface area contributed by atoms with Gasteiger partial charge in [-0.2, -0.15) is 4.98 Å². The molecule has 164 valence electrons. The number of likely N-dealkylation sites (tertiary alicyclic amines) is 1. The van der Waals surface area contributed by atoms with Crippen molar-refractivity contribution in [1.29, 1.82) is 0 Å². The molecule has 0 radical (unpaired) electrons. The Morgan fingerprint density at radius 3 is 2.87 bits per heavy atom. The molecule has 1 aromatic heterocycles. The summed E-state index contributed by atoms with van der Waals surface area (Å²) in [5.74, 6) is -0.535. The molecule has 0 unspecified atom stereocenters. The molecule has 0 spiro atoms. The van der Waals surface area contributed by atoms with Crippen LogP contribution in [0.1, 0.15) is 28.8 Å². The summed E-state index contributed by atoms with van der Waals surface area (Å²) in [5.41, 5.74) is 1.97. The molecule has 2 heterocycles. The number of para-hydroxylation sites is 1. The molecule has 4 rings (SSSR count). The molecule has 9 heteroatoms. The number of ether oxygens (including phenoxy) is 1. The van der Waals surface area contributed by atoms with Gasteiger partial charge in [-0.3, -0.25) is 4.90 Å². The van der Waals surface area contributed by atoms with Gasteiger partial charge in [-0.1, -0.05) is 23.7 Å². The summed E-state index contributed by atoms with van der Waals surface area (Å²) in [6.45, 7) is 1.94. The number of anilines is 1. The Kier molecular flexibility index (Phi) is 6.58. The van der Waals surface area contributed by atoms with E-state index in [4.69, 9.17) is 20.8 Å². The van der Waals surface area contributed by atoms with Crippen molar-refractivity contribution in [3.63, 3.8) is 0 Å². The monoisotopic (exact) mass is 447 g/mol. The Bertz CT molecular complexity index is 1070. The van der Waals surface area contributed by atoms with E-state index in [9.17, 15) is 14.3 Å². The fraction of sp³-hybridized carbons (Fsp3) is 0.364. The highest BCUT2D eigenvalue weighted by atomic mass is 35.5. The van der Waals surface area contributed by atoms with Crippen LogP contribution in [-0.2, 0) is 6.54 Å². The first kappa shape index (κ1) is 21.4. The SMILES string of the molecule is O=C(O)c1cccc2nc(NC3CCN(Cc4ccc(Cl)c(OCCF)c4)CC3)oc12. The molecule has 0 aliphatic carbocycles. The van der Waals surface area contributed by atoms with Crippen molar-refractivity contribution in [2.45, 2.75) is 25.4 Å². The Morgan fingerprint density at radius 2 is 2.13 bits per heavy atom. The minimum absolute atomic E-state index is 0.00990. The predicted molar refractivity (Wildman–Crippen MR) is 116 cm³/mol. The summed E-state index contributed by atoms with van der Waals surface area (Å²) in [4.78, 5) is 18.0.